The highest BCUT2D eigenvalue weighted by Gasteiger charge is 2.10. The second-order valence-corrected chi connectivity index (χ2v) is 2.87. The fraction of sp³-hybridized carbons (Fsp3) is 0.100. The average molecular weight is 175 g/mol. The van der Waals surface area contributed by atoms with Crippen molar-refractivity contribution >= 4 is 17.2 Å². The molecular formula is C10H9NO2. The molecule has 0 saturated heterocycles. The summed E-state index contributed by atoms with van der Waals surface area (Å²) in [5.74, 6) is 0. The van der Waals surface area contributed by atoms with E-state index in [0.717, 1.165) is 10.9 Å². The van der Waals surface area contributed by atoms with Gasteiger partial charge in [-0.25, -0.2) is 0 Å². The van der Waals surface area contributed by atoms with Crippen LogP contribution in [0.25, 0.3) is 10.9 Å². The van der Waals surface area contributed by atoms with Crippen LogP contribution in [0.5, 0.6) is 0 Å². The van der Waals surface area contributed by atoms with Crippen LogP contribution >= 0.6 is 0 Å². The number of aldehydes is 1. The van der Waals surface area contributed by atoms with Gasteiger partial charge in [0.25, 0.3) is 0 Å². The van der Waals surface area contributed by atoms with Crippen molar-refractivity contribution in [1.82, 2.24) is 4.98 Å². The number of aliphatic hydroxyl groups is 1. The van der Waals surface area contributed by atoms with E-state index in [0.29, 0.717) is 11.8 Å². The van der Waals surface area contributed by atoms with Gasteiger partial charge in [-0.3, -0.25) is 0 Å². The molecule has 1 aromatic heterocycles. The van der Waals surface area contributed by atoms with Gasteiger partial charge >= 0.3 is 0 Å². The Balaban J connectivity index is 2.64. The SMILES string of the molecule is O=CC(O)c1c[nH]c2ccccc12. The average Bonchev–Trinajstić information content (AvgIpc) is 2.60. The van der Waals surface area contributed by atoms with Crippen molar-refractivity contribution in [3.63, 3.8) is 0 Å². The van der Waals surface area contributed by atoms with E-state index in [9.17, 15) is 9.90 Å². The maximum absolute atomic E-state index is 10.4. The smallest absolute Gasteiger partial charge is 0.153 e. The predicted octanol–water partition coefficient (Wildman–Crippen LogP) is 1.40. The van der Waals surface area contributed by atoms with Gasteiger partial charge in [0.05, 0.1) is 0 Å². The maximum Gasteiger partial charge on any atom is 0.153 e. The largest absolute Gasteiger partial charge is 0.381 e. The first kappa shape index (κ1) is 8.01. The standard InChI is InChI=1S/C10H9NO2/c12-6-10(13)8-5-11-9-4-2-1-3-7(8)9/h1-6,10-11,13H. The molecule has 3 heteroatoms. The van der Waals surface area contributed by atoms with Crippen molar-refractivity contribution in [3.8, 4) is 0 Å². The van der Waals surface area contributed by atoms with Gasteiger partial charge in [-0.05, 0) is 6.07 Å². The summed E-state index contributed by atoms with van der Waals surface area (Å²) in [6.45, 7) is 0. The molecule has 0 amide bonds. The predicted molar refractivity (Wildman–Crippen MR) is 49.3 cm³/mol. The van der Waals surface area contributed by atoms with Crippen LogP contribution in [0.3, 0.4) is 0 Å². The minimum absolute atomic E-state index is 0.523. The molecule has 66 valence electrons. The third kappa shape index (κ3) is 1.23. The highest BCUT2D eigenvalue weighted by Crippen LogP contribution is 2.22. The second kappa shape index (κ2) is 3.03. The molecule has 2 aromatic rings. The van der Waals surface area contributed by atoms with Crippen molar-refractivity contribution in [1.29, 1.82) is 0 Å². The van der Waals surface area contributed by atoms with Gasteiger partial charge in [0.1, 0.15) is 6.10 Å². The van der Waals surface area contributed by atoms with Gasteiger partial charge in [-0.15, -0.1) is 0 Å². The molecule has 0 aliphatic heterocycles. The van der Waals surface area contributed by atoms with Gasteiger partial charge < -0.3 is 14.9 Å². The fourth-order valence-electron chi connectivity index (χ4n) is 1.41. The molecule has 0 radical (unpaired) electrons. The summed E-state index contributed by atoms with van der Waals surface area (Å²) >= 11 is 0. The number of aromatic amines is 1. The quantitative estimate of drug-likeness (QED) is 0.678. The van der Waals surface area contributed by atoms with E-state index in [4.69, 9.17) is 0 Å². The molecule has 2 rings (SSSR count). The van der Waals surface area contributed by atoms with E-state index in [1.54, 1.807) is 6.20 Å². The Morgan fingerprint density at radius 3 is 2.92 bits per heavy atom. The molecule has 0 saturated carbocycles. The molecule has 2 N–H and O–H groups in total. The third-order valence-electron chi connectivity index (χ3n) is 2.07. The number of aromatic nitrogens is 1. The zero-order chi connectivity index (χ0) is 9.26. The van der Waals surface area contributed by atoms with Gasteiger partial charge in [0.15, 0.2) is 6.29 Å². The van der Waals surface area contributed by atoms with Crippen LogP contribution in [0.4, 0.5) is 0 Å². The van der Waals surface area contributed by atoms with E-state index in [-0.39, 0.29) is 0 Å². The van der Waals surface area contributed by atoms with Crippen LogP contribution in [0, 0.1) is 0 Å². The van der Waals surface area contributed by atoms with Crippen molar-refractivity contribution in [2.24, 2.45) is 0 Å². The normalized spacial score (nSPS) is 13.0. The van der Waals surface area contributed by atoms with Crippen LogP contribution in [-0.2, 0) is 4.79 Å². The third-order valence-corrected chi connectivity index (χ3v) is 2.07. The Labute approximate surface area is 75.0 Å². The molecule has 0 aliphatic rings. The van der Waals surface area contributed by atoms with Gasteiger partial charge in [-0.2, -0.15) is 0 Å². The summed E-state index contributed by atoms with van der Waals surface area (Å²) in [5, 5.41) is 10.2. The van der Waals surface area contributed by atoms with Crippen molar-refractivity contribution in [2.45, 2.75) is 6.10 Å². The highest BCUT2D eigenvalue weighted by atomic mass is 16.3. The Morgan fingerprint density at radius 2 is 2.15 bits per heavy atom. The molecule has 1 atom stereocenters. The van der Waals surface area contributed by atoms with Crippen molar-refractivity contribution in [2.75, 3.05) is 0 Å². The molecule has 0 spiro atoms. The lowest BCUT2D eigenvalue weighted by Gasteiger charge is -1.99. The molecule has 0 fully saturated rings. The number of hydrogen-bond acceptors (Lipinski definition) is 2. The number of carbonyl (C=O) groups excluding carboxylic acids is 1. The first-order valence-corrected chi connectivity index (χ1v) is 4.02. The van der Waals surface area contributed by atoms with Crippen molar-refractivity contribution in [3.05, 3.63) is 36.0 Å². The molecule has 0 bridgehead atoms. The second-order valence-electron chi connectivity index (χ2n) is 2.87. The minimum Gasteiger partial charge on any atom is -0.381 e. The number of H-pyrrole nitrogens is 1. The summed E-state index contributed by atoms with van der Waals surface area (Å²) in [6.07, 6.45) is 1.15. The zero-order valence-electron chi connectivity index (χ0n) is 6.90. The van der Waals surface area contributed by atoms with Gasteiger partial charge in [0, 0.05) is 22.7 Å². The lowest BCUT2D eigenvalue weighted by Crippen LogP contribution is -1.96. The zero-order valence-corrected chi connectivity index (χ0v) is 6.90. The number of hydrogen-bond donors (Lipinski definition) is 2. The van der Waals surface area contributed by atoms with Crippen LogP contribution in [0.1, 0.15) is 11.7 Å². The summed E-state index contributed by atoms with van der Waals surface area (Å²) in [4.78, 5) is 13.4. The summed E-state index contributed by atoms with van der Waals surface area (Å²) in [6, 6.07) is 7.54. The van der Waals surface area contributed by atoms with E-state index in [2.05, 4.69) is 4.98 Å². The number of fused-ring (bicyclic) bond motifs is 1. The van der Waals surface area contributed by atoms with Crippen LogP contribution in [0.2, 0.25) is 0 Å². The Kier molecular flexibility index (Phi) is 1.87. The number of nitrogens with one attached hydrogen (secondary N) is 1. The lowest BCUT2D eigenvalue weighted by atomic mass is 10.1. The maximum atomic E-state index is 10.4. The monoisotopic (exact) mass is 175 g/mol. The Morgan fingerprint density at radius 1 is 1.38 bits per heavy atom. The van der Waals surface area contributed by atoms with E-state index < -0.39 is 6.10 Å². The Hall–Kier alpha value is -1.61. The fourth-order valence-corrected chi connectivity index (χ4v) is 1.41. The molecule has 3 nitrogen and oxygen atoms in total. The first-order valence-electron chi connectivity index (χ1n) is 4.02. The Bertz CT molecular complexity index is 433. The number of para-hydroxylation sites is 1. The number of carbonyl (C=O) groups is 1. The van der Waals surface area contributed by atoms with Crippen LogP contribution in [-0.4, -0.2) is 16.4 Å². The minimum atomic E-state index is -1.03. The van der Waals surface area contributed by atoms with E-state index in [1.807, 2.05) is 24.3 Å². The molecule has 1 aromatic carbocycles. The summed E-state index contributed by atoms with van der Waals surface area (Å²) in [5.41, 5.74) is 1.56. The number of aliphatic hydroxyl groups excluding tert-OH is 1. The summed E-state index contributed by atoms with van der Waals surface area (Å²) in [7, 11) is 0. The molecule has 13 heavy (non-hydrogen) atoms. The molecule has 0 aliphatic carbocycles. The van der Waals surface area contributed by atoms with E-state index in [1.165, 1.54) is 0 Å². The van der Waals surface area contributed by atoms with Gasteiger partial charge in [0.2, 0.25) is 0 Å². The number of benzene rings is 1. The molecular weight excluding hydrogens is 166 g/mol. The first-order chi connectivity index (χ1) is 6.33. The van der Waals surface area contributed by atoms with Crippen LogP contribution < -0.4 is 0 Å². The lowest BCUT2D eigenvalue weighted by molar-refractivity contribution is -0.115. The van der Waals surface area contributed by atoms with Crippen molar-refractivity contribution < 1.29 is 9.90 Å². The van der Waals surface area contributed by atoms with Gasteiger partial charge in [-0.1, -0.05) is 18.2 Å². The molecule has 1 unspecified atom stereocenters. The summed E-state index contributed by atoms with van der Waals surface area (Å²) < 4.78 is 0. The number of rotatable bonds is 2. The highest BCUT2D eigenvalue weighted by molar-refractivity contribution is 5.85. The topological polar surface area (TPSA) is 53.1 Å². The van der Waals surface area contributed by atoms with E-state index >= 15 is 0 Å². The molecule has 1 heterocycles. The van der Waals surface area contributed by atoms with Crippen LogP contribution in [0.15, 0.2) is 30.5 Å².